The smallest absolute Gasteiger partial charge is 0.111 e. The third kappa shape index (κ3) is 2.19. The number of alkyl halides is 1. The highest BCUT2D eigenvalue weighted by atomic mass is 19.1. The van der Waals surface area contributed by atoms with Gasteiger partial charge in [0.05, 0.1) is 24.3 Å². The minimum atomic E-state index is -0.934. The summed E-state index contributed by atoms with van der Waals surface area (Å²) in [6.07, 6.45) is 10.2. The summed E-state index contributed by atoms with van der Waals surface area (Å²) in [5, 5.41) is 0. The van der Waals surface area contributed by atoms with Crippen LogP contribution in [0.3, 0.4) is 0 Å². The molecule has 0 saturated heterocycles. The summed E-state index contributed by atoms with van der Waals surface area (Å²) in [5.74, 6) is 0. The molecule has 0 spiro atoms. The number of hydrogen-bond donors (Lipinski definition) is 0. The zero-order valence-corrected chi connectivity index (χ0v) is 12.3. The molecule has 2 aromatic rings. The molecule has 0 bridgehead atoms. The summed E-state index contributed by atoms with van der Waals surface area (Å²) in [6.45, 7) is 0. The molecule has 1 fully saturated rings. The molecule has 1 aliphatic carbocycles. The van der Waals surface area contributed by atoms with Crippen molar-refractivity contribution in [2.45, 2.75) is 56.7 Å². The maximum atomic E-state index is 14.9. The van der Waals surface area contributed by atoms with Gasteiger partial charge in [0.2, 0.25) is 0 Å². The van der Waals surface area contributed by atoms with Crippen LogP contribution in [0.25, 0.3) is 11.3 Å². The monoisotopic (exact) mass is 284 g/mol. The Morgan fingerprint density at radius 1 is 1.19 bits per heavy atom. The summed E-state index contributed by atoms with van der Waals surface area (Å²) in [4.78, 5) is 4.27. The van der Waals surface area contributed by atoms with Gasteiger partial charge in [-0.1, -0.05) is 43.5 Å². The average molecular weight is 284 g/mol. The van der Waals surface area contributed by atoms with Crippen LogP contribution in [0.15, 0.2) is 36.8 Å². The SMILES string of the molecule is FC1(CC[C@H]2c3ccccc3-c3cncn32)CCCCC1. The third-order valence-electron chi connectivity index (χ3n) is 5.21. The molecule has 4 rings (SSSR count). The van der Waals surface area contributed by atoms with Crippen LogP contribution in [-0.4, -0.2) is 15.2 Å². The van der Waals surface area contributed by atoms with Gasteiger partial charge < -0.3 is 4.57 Å². The first kappa shape index (κ1) is 13.1. The zero-order chi connectivity index (χ0) is 14.3. The first-order valence-corrected chi connectivity index (χ1v) is 8.07. The molecule has 110 valence electrons. The lowest BCUT2D eigenvalue weighted by molar-refractivity contribution is 0.0903. The molecule has 1 saturated carbocycles. The van der Waals surface area contributed by atoms with Crippen molar-refractivity contribution in [3.63, 3.8) is 0 Å². The summed E-state index contributed by atoms with van der Waals surface area (Å²) in [7, 11) is 0. The second kappa shape index (κ2) is 4.97. The van der Waals surface area contributed by atoms with Crippen molar-refractivity contribution in [1.29, 1.82) is 0 Å². The Labute approximate surface area is 125 Å². The lowest BCUT2D eigenvalue weighted by atomic mass is 9.82. The van der Waals surface area contributed by atoms with Crippen molar-refractivity contribution in [3.05, 3.63) is 42.4 Å². The summed E-state index contributed by atoms with van der Waals surface area (Å²) < 4.78 is 17.1. The van der Waals surface area contributed by atoms with Gasteiger partial charge in [0.25, 0.3) is 0 Å². The quantitative estimate of drug-likeness (QED) is 0.783. The number of aromatic nitrogens is 2. The standard InChI is InChI=1S/C18H21FN2/c19-18(9-4-1-5-10-18)11-8-16-14-6-2-3-7-15(14)17-12-20-13-21(16)17/h2-3,6-7,12-13,16H,1,4-5,8-11H2/t16-/m0/s1. The minimum absolute atomic E-state index is 0.258. The molecule has 1 atom stereocenters. The van der Waals surface area contributed by atoms with Gasteiger partial charge in [-0.3, -0.25) is 0 Å². The van der Waals surface area contributed by atoms with E-state index < -0.39 is 5.67 Å². The number of hydrogen-bond acceptors (Lipinski definition) is 1. The van der Waals surface area contributed by atoms with Crippen LogP contribution in [0.2, 0.25) is 0 Å². The number of nitrogens with zero attached hydrogens (tertiary/aromatic N) is 2. The lowest BCUT2D eigenvalue weighted by Crippen LogP contribution is -2.27. The minimum Gasteiger partial charge on any atom is -0.323 e. The molecule has 1 aliphatic heterocycles. The van der Waals surface area contributed by atoms with Gasteiger partial charge in [0.15, 0.2) is 0 Å². The van der Waals surface area contributed by atoms with E-state index in [1.54, 1.807) is 0 Å². The summed E-state index contributed by atoms with van der Waals surface area (Å²) >= 11 is 0. The van der Waals surface area contributed by atoms with E-state index in [-0.39, 0.29) is 6.04 Å². The Morgan fingerprint density at radius 2 is 2.00 bits per heavy atom. The van der Waals surface area contributed by atoms with E-state index in [0.717, 1.165) is 32.1 Å². The van der Waals surface area contributed by atoms with E-state index in [1.165, 1.54) is 23.2 Å². The topological polar surface area (TPSA) is 17.8 Å². The Morgan fingerprint density at radius 3 is 2.86 bits per heavy atom. The number of rotatable bonds is 3. The molecule has 0 amide bonds. The molecular weight excluding hydrogens is 263 g/mol. The molecule has 2 nitrogen and oxygen atoms in total. The highest BCUT2D eigenvalue weighted by molar-refractivity contribution is 5.68. The number of halogens is 1. The van der Waals surface area contributed by atoms with Gasteiger partial charge in [-0.2, -0.15) is 0 Å². The van der Waals surface area contributed by atoms with E-state index >= 15 is 0 Å². The van der Waals surface area contributed by atoms with Crippen LogP contribution in [0.5, 0.6) is 0 Å². The van der Waals surface area contributed by atoms with Gasteiger partial charge in [0.1, 0.15) is 5.67 Å². The largest absolute Gasteiger partial charge is 0.323 e. The molecule has 1 aromatic carbocycles. The Balaban J connectivity index is 1.58. The van der Waals surface area contributed by atoms with E-state index in [2.05, 4.69) is 33.8 Å². The molecule has 3 heteroatoms. The summed E-state index contributed by atoms with van der Waals surface area (Å²) in [5.41, 5.74) is 2.83. The predicted molar refractivity (Wildman–Crippen MR) is 82.0 cm³/mol. The van der Waals surface area contributed by atoms with Crippen molar-refractivity contribution >= 4 is 0 Å². The Hall–Kier alpha value is -1.64. The fraction of sp³-hybridized carbons (Fsp3) is 0.500. The normalized spacial score (nSPS) is 22.8. The maximum Gasteiger partial charge on any atom is 0.111 e. The second-order valence-corrected chi connectivity index (χ2v) is 6.54. The van der Waals surface area contributed by atoms with Crippen LogP contribution < -0.4 is 0 Å². The van der Waals surface area contributed by atoms with Crippen LogP contribution in [0.4, 0.5) is 4.39 Å². The Kier molecular flexibility index (Phi) is 3.09. The molecular formula is C18H21FN2. The number of benzene rings is 1. The first-order valence-electron chi connectivity index (χ1n) is 8.07. The van der Waals surface area contributed by atoms with Crippen LogP contribution >= 0.6 is 0 Å². The van der Waals surface area contributed by atoms with E-state index in [9.17, 15) is 4.39 Å². The lowest BCUT2D eigenvalue weighted by Gasteiger charge is -2.30. The highest BCUT2D eigenvalue weighted by Gasteiger charge is 2.35. The summed E-state index contributed by atoms with van der Waals surface area (Å²) in [6, 6.07) is 8.73. The average Bonchev–Trinajstić information content (AvgIpc) is 3.07. The van der Waals surface area contributed by atoms with Crippen LogP contribution in [0, 0.1) is 0 Å². The van der Waals surface area contributed by atoms with Crippen molar-refractivity contribution in [2.75, 3.05) is 0 Å². The highest BCUT2D eigenvalue weighted by Crippen LogP contribution is 2.44. The molecule has 21 heavy (non-hydrogen) atoms. The molecule has 2 heterocycles. The molecule has 0 radical (unpaired) electrons. The number of imidazole rings is 1. The third-order valence-corrected chi connectivity index (χ3v) is 5.21. The van der Waals surface area contributed by atoms with Gasteiger partial charge >= 0.3 is 0 Å². The number of fused-ring (bicyclic) bond motifs is 3. The fourth-order valence-corrected chi connectivity index (χ4v) is 4.06. The van der Waals surface area contributed by atoms with Crippen LogP contribution in [0.1, 0.15) is 56.6 Å². The van der Waals surface area contributed by atoms with Gasteiger partial charge in [0, 0.05) is 5.56 Å². The van der Waals surface area contributed by atoms with Gasteiger partial charge in [-0.05, 0) is 31.2 Å². The zero-order valence-electron chi connectivity index (χ0n) is 12.3. The van der Waals surface area contributed by atoms with Crippen LogP contribution in [-0.2, 0) is 0 Å². The van der Waals surface area contributed by atoms with Crippen molar-refractivity contribution in [2.24, 2.45) is 0 Å². The fourth-order valence-electron chi connectivity index (χ4n) is 4.06. The molecule has 0 unspecified atom stereocenters. The van der Waals surface area contributed by atoms with E-state index in [1.807, 2.05) is 12.5 Å². The van der Waals surface area contributed by atoms with Crippen molar-refractivity contribution in [3.8, 4) is 11.3 Å². The van der Waals surface area contributed by atoms with E-state index in [4.69, 9.17) is 0 Å². The van der Waals surface area contributed by atoms with Crippen molar-refractivity contribution in [1.82, 2.24) is 9.55 Å². The maximum absolute atomic E-state index is 14.9. The molecule has 0 N–H and O–H groups in total. The molecule has 2 aliphatic rings. The van der Waals surface area contributed by atoms with Gasteiger partial charge in [-0.15, -0.1) is 0 Å². The van der Waals surface area contributed by atoms with E-state index in [0.29, 0.717) is 6.42 Å². The second-order valence-electron chi connectivity index (χ2n) is 6.54. The van der Waals surface area contributed by atoms with Crippen molar-refractivity contribution < 1.29 is 4.39 Å². The first-order chi connectivity index (χ1) is 10.3. The Bertz CT molecular complexity index is 640. The van der Waals surface area contributed by atoms with Gasteiger partial charge in [-0.25, -0.2) is 9.37 Å². The predicted octanol–water partition coefficient (Wildman–Crippen LogP) is 4.91. The molecule has 1 aromatic heterocycles.